The summed E-state index contributed by atoms with van der Waals surface area (Å²) in [7, 11) is -4.47. The van der Waals surface area contributed by atoms with Gasteiger partial charge in [0, 0.05) is 12.6 Å². The number of halogens is 3. The zero-order chi connectivity index (χ0) is 30.4. The van der Waals surface area contributed by atoms with E-state index in [1.807, 2.05) is 32.9 Å². The molecule has 11 heteroatoms. The first-order valence-electron chi connectivity index (χ1n) is 13.1. The molecule has 2 atom stereocenters. The number of rotatable bonds is 11. The SMILES string of the molecule is CC[C@H](C)NC(=O)[C@H](C)N(Cc1ccc(C)cc1)C(=O)CN(c1cccc(C(F)(F)F)c1)S(=O)(=O)c1ccccc1. The fourth-order valence-corrected chi connectivity index (χ4v) is 5.45. The third-order valence-electron chi connectivity index (χ3n) is 6.71. The van der Waals surface area contributed by atoms with Crippen LogP contribution in [0, 0.1) is 6.92 Å². The fourth-order valence-electron chi connectivity index (χ4n) is 4.02. The van der Waals surface area contributed by atoms with Crippen LogP contribution in [0.1, 0.15) is 43.9 Å². The first kappa shape index (κ1) is 31.7. The summed E-state index contributed by atoms with van der Waals surface area (Å²) >= 11 is 0. The lowest BCUT2D eigenvalue weighted by molar-refractivity contribution is -0.139. The summed E-state index contributed by atoms with van der Waals surface area (Å²) in [5.41, 5.74) is 0.292. The Labute approximate surface area is 239 Å². The maximum Gasteiger partial charge on any atom is 0.416 e. The molecule has 2 amide bonds. The molecule has 41 heavy (non-hydrogen) atoms. The number of carbonyl (C=O) groups is 2. The van der Waals surface area contributed by atoms with Gasteiger partial charge in [-0.05, 0) is 63.1 Å². The molecule has 7 nitrogen and oxygen atoms in total. The number of nitrogens with zero attached hydrogens (tertiary/aromatic N) is 2. The molecule has 0 bridgehead atoms. The third kappa shape index (κ3) is 8.09. The van der Waals surface area contributed by atoms with Crippen molar-refractivity contribution < 1.29 is 31.2 Å². The maximum atomic E-state index is 13.9. The van der Waals surface area contributed by atoms with Gasteiger partial charge in [0.25, 0.3) is 10.0 Å². The van der Waals surface area contributed by atoms with E-state index >= 15 is 0 Å². The predicted octanol–water partition coefficient (Wildman–Crippen LogP) is 5.54. The standard InChI is InChI=1S/C30H34F3N3O4S/c1-5-22(3)34-29(38)23(4)35(19-24-16-14-21(2)15-17-24)28(37)20-36(41(39,40)27-12-7-6-8-13-27)26-11-9-10-25(18-26)30(31,32)33/h6-18,22-23H,5,19-20H2,1-4H3,(H,34,38)/t22-,23-/m0/s1. The summed E-state index contributed by atoms with van der Waals surface area (Å²) in [4.78, 5) is 28.0. The molecule has 3 rings (SSSR count). The quantitative estimate of drug-likeness (QED) is 0.318. The van der Waals surface area contributed by atoms with Gasteiger partial charge < -0.3 is 10.2 Å². The van der Waals surface area contributed by atoms with Crippen LogP contribution in [-0.4, -0.2) is 43.8 Å². The van der Waals surface area contributed by atoms with Crippen LogP contribution in [0.5, 0.6) is 0 Å². The molecule has 0 heterocycles. The molecule has 0 aromatic heterocycles. The highest BCUT2D eigenvalue weighted by Gasteiger charge is 2.35. The monoisotopic (exact) mass is 589 g/mol. The van der Waals surface area contributed by atoms with Gasteiger partial charge in [-0.1, -0.05) is 61.0 Å². The van der Waals surface area contributed by atoms with Gasteiger partial charge in [-0.2, -0.15) is 13.2 Å². The van der Waals surface area contributed by atoms with Crippen molar-refractivity contribution in [3.8, 4) is 0 Å². The minimum atomic E-state index is -4.73. The molecule has 0 spiro atoms. The van der Waals surface area contributed by atoms with Gasteiger partial charge in [0.05, 0.1) is 16.1 Å². The maximum absolute atomic E-state index is 13.9. The van der Waals surface area contributed by atoms with E-state index in [2.05, 4.69) is 5.32 Å². The van der Waals surface area contributed by atoms with E-state index in [1.54, 1.807) is 18.2 Å². The molecular weight excluding hydrogens is 555 g/mol. The van der Waals surface area contributed by atoms with Crippen LogP contribution in [0.2, 0.25) is 0 Å². The molecule has 3 aromatic carbocycles. The number of hydrogen-bond acceptors (Lipinski definition) is 4. The summed E-state index contributed by atoms with van der Waals surface area (Å²) in [5.74, 6) is -1.19. The molecule has 0 saturated heterocycles. The highest BCUT2D eigenvalue weighted by molar-refractivity contribution is 7.92. The number of nitrogens with one attached hydrogen (secondary N) is 1. The van der Waals surface area contributed by atoms with Crippen molar-refractivity contribution in [3.05, 3.63) is 95.6 Å². The molecule has 3 aromatic rings. The van der Waals surface area contributed by atoms with Crippen molar-refractivity contribution in [1.29, 1.82) is 0 Å². The van der Waals surface area contributed by atoms with Gasteiger partial charge in [0.15, 0.2) is 0 Å². The lowest BCUT2D eigenvalue weighted by atomic mass is 10.1. The topological polar surface area (TPSA) is 86.8 Å². The lowest BCUT2D eigenvalue weighted by Gasteiger charge is -2.32. The Bertz CT molecular complexity index is 1450. The number of alkyl halides is 3. The van der Waals surface area contributed by atoms with Crippen LogP contribution in [-0.2, 0) is 32.3 Å². The number of carbonyl (C=O) groups excluding carboxylic acids is 2. The average molecular weight is 590 g/mol. The zero-order valence-electron chi connectivity index (χ0n) is 23.4. The number of sulfonamides is 1. The van der Waals surface area contributed by atoms with E-state index in [4.69, 9.17) is 0 Å². The van der Waals surface area contributed by atoms with E-state index in [0.29, 0.717) is 22.4 Å². The summed E-state index contributed by atoms with van der Waals surface area (Å²) in [6.45, 7) is 6.30. The number of hydrogen-bond donors (Lipinski definition) is 1. The summed E-state index contributed by atoms with van der Waals surface area (Å²) < 4.78 is 68.8. The van der Waals surface area contributed by atoms with Gasteiger partial charge >= 0.3 is 6.18 Å². The minimum Gasteiger partial charge on any atom is -0.352 e. The smallest absolute Gasteiger partial charge is 0.352 e. The van der Waals surface area contributed by atoms with Crippen LogP contribution in [0.4, 0.5) is 18.9 Å². The second kappa shape index (κ2) is 13.2. The molecule has 220 valence electrons. The predicted molar refractivity (Wildman–Crippen MR) is 152 cm³/mol. The van der Waals surface area contributed by atoms with Crippen molar-refractivity contribution in [2.45, 2.75) is 63.8 Å². The first-order valence-corrected chi connectivity index (χ1v) is 14.6. The number of aryl methyl sites for hydroxylation is 1. The van der Waals surface area contributed by atoms with E-state index in [-0.39, 0.29) is 23.2 Å². The van der Waals surface area contributed by atoms with E-state index in [0.717, 1.165) is 17.7 Å². The number of amides is 2. The van der Waals surface area contributed by atoms with Gasteiger partial charge in [-0.3, -0.25) is 13.9 Å². The molecule has 1 N–H and O–H groups in total. The normalized spacial score (nSPS) is 13.2. The van der Waals surface area contributed by atoms with Crippen molar-refractivity contribution in [2.75, 3.05) is 10.8 Å². The molecule has 0 fully saturated rings. The van der Waals surface area contributed by atoms with Crippen molar-refractivity contribution >= 4 is 27.5 Å². The molecule has 0 saturated carbocycles. The number of benzene rings is 3. The van der Waals surface area contributed by atoms with E-state index < -0.39 is 46.2 Å². The average Bonchev–Trinajstić information content (AvgIpc) is 2.95. The van der Waals surface area contributed by atoms with Crippen molar-refractivity contribution in [2.24, 2.45) is 0 Å². The van der Waals surface area contributed by atoms with Crippen LogP contribution >= 0.6 is 0 Å². The Morgan fingerprint density at radius 2 is 1.56 bits per heavy atom. The van der Waals surface area contributed by atoms with Crippen molar-refractivity contribution in [1.82, 2.24) is 10.2 Å². The Hall–Kier alpha value is -3.86. The van der Waals surface area contributed by atoms with Crippen LogP contribution < -0.4 is 9.62 Å². The van der Waals surface area contributed by atoms with E-state index in [1.165, 1.54) is 42.2 Å². The summed E-state index contributed by atoms with van der Waals surface area (Å²) in [6.07, 6.45) is -4.08. The molecule has 0 unspecified atom stereocenters. The van der Waals surface area contributed by atoms with Gasteiger partial charge in [0.2, 0.25) is 11.8 Å². The lowest BCUT2D eigenvalue weighted by Crippen LogP contribution is -2.52. The highest BCUT2D eigenvalue weighted by Crippen LogP contribution is 2.33. The second-order valence-corrected chi connectivity index (χ2v) is 11.7. The molecular formula is C30H34F3N3O4S. The zero-order valence-corrected chi connectivity index (χ0v) is 24.2. The van der Waals surface area contributed by atoms with Crippen LogP contribution in [0.25, 0.3) is 0 Å². The van der Waals surface area contributed by atoms with Crippen LogP contribution in [0.3, 0.4) is 0 Å². The Kier molecular flexibility index (Phi) is 10.2. The Balaban J connectivity index is 2.07. The summed E-state index contributed by atoms with van der Waals surface area (Å²) in [5, 5.41) is 2.84. The molecule has 0 radical (unpaired) electrons. The largest absolute Gasteiger partial charge is 0.416 e. The van der Waals surface area contributed by atoms with E-state index in [9.17, 15) is 31.2 Å². The molecule has 0 aliphatic carbocycles. The Morgan fingerprint density at radius 3 is 2.15 bits per heavy atom. The highest BCUT2D eigenvalue weighted by atomic mass is 32.2. The summed E-state index contributed by atoms with van der Waals surface area (Å²) in [6, 6.07) is 17.1. The van der Waals surface area contributed by atoms with Crippen molar-refractivity contribution in [3.63, 3.8) is 0 Å². The second-order valence-electron chi connectivity index (χ2n) is 9.87. The molecule has 0 aliphatic heterocycles. The van der Waals surface area contributed by atoms with Gasteiger partial charge in [-0.15, -0.1) is 0 Å². The van der Waals surface area contributed by atoms with Gasteiger partial charge in [0.1, 0.15) is 12.6 Å². The number of anilines is 1. The first-order chi connectivity index (χ1) is 19.2. The van der Waals surface area contributed by atoms with Gasteiger partial charge in [-0.25, -0.2) is 8.42 Å². The third-order valence-corrected chi connectivity index (χ3v) is 8.50. The molecule has 0 aliphatic rings. The van der Waals surface area contributed by atoms with Crippen LogP contribution in [0.15, 0.2) is 83.8 Å². The fraction of sp³-hybridized carbons (Fsp3) is 0.333. The minimum absolute atomic E-state index is 0.0178. The Morgan fingerprint density at radius 1 is 0.927 bits per heavy atom.